The van der Waals surface area contributed by atoms with Gasteiger partial charge in [-0.25, -0.2) is 13.4 Å². The van der Waals surface area contributed by atoms with Crippen molar-refractivity contribution in [1.82, 2.24) is 25.3 Å². The molecule has 37 heavy (non-hydrogen) atoms. The predicted octanol–water partition coefficient (Wildman–Crippen LogP) is 2.87. The van der Waals surface area contributed by atoms with Gasteiger partial charge in [0.25, 0.3) is 5.91 Å². The third-order valence-corrected chi connectivity index (χ3v) is 7.63. The number of rotatable bonds is 13. The van der Waals surface area contributed by atoms with Crippen LogP contribution in [0.5, 0.6) is 5.88 Å². The lowest BCUT2D eigenvalue weighted by molar-refractivity contribution is 0.0927. The maximum Gasteiger partial charge on any atom is 0.270 e. The van der Waals surface area contributed by atoms with Crippen molar-refractivity contribution in [1.29, 1.82) is 0 Å². The van der Waals surface area contributed by atoms with Crippen LogP contribution in [0.2, 0.25) is 0 Å². The minimum Gasteiger partial charge on any atom is -0.477 e. The molecule has 0 radical (unpaired) electrons. The summed E-state index contributed by atoms with van der Waals surface area (Å²) in [5, 5.41) is 11.8. The molecule has 196 valence electrons. The molecule has 1 saturated carbocycles. The first-order valence-corrected chi connectivity index (χ1v) is 13.7. The summed E-state index contributed by atoms with van der Waals surface area (Å²) < 4.78 is 32.7. The second kappa shape index (κ2) is 12.1. The summed E-state index contributed by atoms with van der Waals surface area (Å²) in [6.45, 7) is 2.36. The van der Waals surface area contributed by atoms with E-state index in [-0.39, 0.29) is 17.6 Å². The molecule has 1 unspecified atom stereocenters. The summed E-state index contributed by atoms with van der Waals surface area (Å²) in [7, 11) is -3.43. The molecule has 3 heterocycles. The van der Waals surface area contributed by atoms with Crippen molar-refractivity contribution >= 4 is 21.6 Å². The Balaban J connectivity index is 1.49. The van der Waals surface area contributed by atoms with Gasteiger partial charge in [0.2, 0.25) is 15.9 Å². The highest BCUT2D eigenvalue weighted by Crippen LogP contribution is 2.30. The number of carbonyl (C=O) groups is 1. The summed E-state index contributed by atoms with van der Waals surface area (Å²) in [5.74, 6) is 0.00200. The highest BCUT2D eigenvalue weighted by Gasteiger charge is 2.35. The summed E-state index contributed by atoms with van der Waals surface area (Å²) in [4.78, 5) is 30.2. The molecule has 3 aromatic heterocycles. The molecule has 0 bridgehead atoms. The standard InChI is InChI=1S/C25H30N6O5S/c1-2-36-24-16-26-15-23(29-24)17-6-9-21(28-14-17)25(33)30-20(5-3-4-12-32)22-13-18(10-11-27-22)31-37(34,35)19-7-8-19/h6,9-11,13-16,19-20,32H,2-5,7-8,12H2,1H3,(H,27,31)(H,30,33). The van der Waals surface area contributed by atoms with Crippen LogP contribution in [0, 0.1) is 0 Å². The number of amides is 1. The van der Waals surface area contributed by atoms with Crippen LogP contribution in [-0.4, -0.2) is 57.8 Å². The Hall–Kier alpha value is -3.64. The van der Waals surface area contributed by atoms with Crippen LogP contribution in [0.25, 0.3) is 11.3 Å². The number of unbranched alkanes of at least 4 members (excludes halogenated alkanes) is 1. The second-order valence-corrected chi connectivity index (χ2v) is 10.6. The Kier molecular flexibility index (Phi) is 8.62. The number of aliphatic hydroxyl groups excluding tert-OH is 1. The Labute approximate surface area is 215 Å². The van der Waals surface area contributed by atoms with Gasteiger partial charge in [-0.1, -0.05) is 0 Å². The van der Waals surface area contributed by atoms with Gasteiger partial charge in [-0.15, -0.1) is 0 Å². The molecule has 0 saturated heterocycles. The van der Waals surface area contributed by atoms with E-state index in [0.29, 0.717) is 67.2 Å². The van der Waals surface area contributed by atoms with Crippen LogP contribution in [-0.2, 0) is 10.0 Å². The summed E-state index contributed by atoms with van der Waals surface area (Å²) in [6, 6.07) is 6.04. The number of nitrogens with one attached hydrogen (secondary N) is 2. The van der Waals surface area contributed by atoms with Gasteiger partial charge in [0.15, 0.2) is 0 Å². The lowest BCUT2D eigenvalue weighted by Crippen LogP contribution is -2.30. The van der Waals surface area contributed by atoms with E-state index < -0.39 is 22.0 Å². The quantitative estimate of drug-likeness (QED) is 0.285. The van der Waals surface area contributed by atoms with E-state index in [1.807, 2.05) is 6.92 Å². The number of carbonyl (C=O) groups excluding carboxylic acids is 1. The smallest absolute Gasteiger partial charge is 0.270 e. The predicted molar refractivity (Wildman–Crippen MR) is 137 cm³/mol. The topological polar surface area (TPSA) is 156 Å². The number of pyridine rings is 2. The van der Waals surface area contributed by atoms with E-state index in [9.17, 15) is 18.3 Å². The van der Waals surface area contributed by atoms with Crippen molar-refractivity contribution in [2.24, 2.45) is 0 Å². The number of hydrogen-bond acceptors (Lipinski definition) is 9. The summed E-state index contributed by atoms with van der Waals surface area (Å²) in [5.41, 5.74) is 2.37. The van der Waals surface area contributed by atoms with Crippen LogP contribution in [0.15, 0.2) is 49.1 Å². The highest BCUT2D eigenvalue weighted by molar-refractivity contribution is 7.93. The highest BCUT2D eigenvalue weighted by atomic mass is 32.2. The van der Waals surface area contributed by atoms with Crippen LogP contribution in [0.1, 0.15) is 61.3 Å². The van der Waals surface area contributed by atoms with Gasteiger partial charge in [-0.05, 0) is 63.3 Å². The maximum atomic E-state index is 13.0. The van der Waals surface area contributed by atoms with Crippen LogP contribution in [0.4, 0.5) is 5.69 Å². The summed E-state index contributed by atoms with van der Waals surface area (Å²) >= 11 is 0. The van der Waals surface area contributed by atoms with E-state index in [2.05, 4.69) is 30.0 Å². The number of anilines is 1. The van der Waals surface area contributed by atoms with Crippen molar-refractivity contribution in [3.05, 3.63) is 60.4 Å². The molecule has 1 aliphatic rings. The Morgan fingerprint density at radius 3 is 2.70 bits per heavy atom. The fourth-order valence-electron chi connectivity index (χ4n) is 3.70. The van der Waals surface area contributed by atoms with Gasteiger partial charge in [0, 0.05) is 24.6 Å². The van der Waals surface area contributed by atoms with Crippen molar-refractivity contribution < 1.29 is 23.1 Å². The molecule has 11 nitrogen and oxygen atoms in total. The molecule has 1 atom stereocenters. The zero-order valence-corrected chi connectivity index (χ0v) is 21.3. The van der Waals surface area contributed by atoms with Crippen molar-refractivity contribution in [2.75, 3.05) is 17.9 Å². The zero-order valence-electron chi connectivity index (χ0n) is 20.5. The van der Waals surface area contributed by atoms with Crippen LogP contribution < -0.4 is 14.8 Å². The lowest BCUT2D eigenvalue weighted by atomic mass is 10.0. The summed E-state index contributed by atoms with van der Waals surface area (Å²) in [6.07, 6.45) is 9.20. The molecule has 1 fully saturated rings. The molecule has 3 N–H and O–H groups in total. The normalized spacial score (nSPS) is 14.1. The third-order valence-electron chi connectivity index (χ3n) is 5.76. The molecule has 1 aliphatic carbocycles. The van der Waals surface area contributed by atoms with E-state index in [4.69, 9.17) is 4.74 Å². The first-order valence-electron chi connectivity index (χ1n) is 12.2. The molecular formula is C25H30N6O5S. The number of sulfonamides is 1. The number of hydrogen-bond donors (Lipinski definition) is 3. The average molecular weight is 527 g/mol. The number of nitrogens with zero attached hydrogens (tertiary/aromatic N) is 4. The first kappa shape index (κ1) is 26.4. The Morgan fingerprint density at radius 1 is 1.16 bits per heavy atom. The van der Waals surface area contributed by atoms with Gasteiger partial charge in [-0.2, -0.15) is 0 Å². The molecule has 0 aliphatic heterocycles. The molecule has 3 aromatic rings. The molecule has 0 aromatic carbocycles. The van der Waals surface area contributed by atoms with Gasteiger partial charge in [0.1, 0.15) is 5.69 Å². The molecule has 0 spiro atoms. The number of ether oxygens (including phenoxy) is 1. The van der Waals surface area contributed by atoms with Gasteiger partial charge >= 0.3 is 0 Å². The molecule has 12 heteroatoms. The fourth-order valence-corrected chi connectivity index (χ4v) is 5.08. The third kappa shape index (κ3) is 7.20. The van der Waals surface area contributed by atoms with E-state index in [0.717, 1.165) is 0 Å². The minimum absolute atomic E-state index is 0.0335. The monoisotopic (exact) mass is 526 g/mol. The van der Waals surface area contributed by atoms with E-state index >= 15 is 0 Å². The number of aliphatic hydroxyl groups is 1. The van der Waals surface area contributed by atoms with E-state index in [1.165, 1.54) is 12.4 Å². The van der Waals surface area contributed by atoms with Crippen molar-refractivity contribution in [3.8, 4) is 17.1 Å². The van der Waals surface area contributed by atoms with Gasteiger partial charge in [-0.3, -0.25) is 24.5 Å². The maximum absolute atomic E-state index is 13.0. The fraction of sp³-hybridized carbons (Fsp3) is 0.400. The minimum atomic E-state index is -3.43. The SMILES string of the molecule is CCOc1cncc(-c2ccc(C(=O)NC(CCCCO)c3cc(NS(=O)(=O)C4CC4)ccn3)nc2)n1. The Bertz CT molecular complexity index is 1320. The Morgan fingerprint density at radius 2 is 2.00 bits per heavy atom. The lowest BCUT2D eigenvalue weighted by Gasteiger charge is -2.19. The second-order valence-electron chi connectivity index (χ2n) is 8.67. The largest absolute Gasteiger partial charge is 0.477 e. The van der Waals surface area contributed by atoms with Crippen molar-refractivity contribution in [2.45, 2.75) is 50.3 Å². The molecule has 4 rings (SSSR count). The van der Waals surface area contributed by atoms with Gasteiger partial charge < -0.3 is 15.2 Å². The molecule has 1 amide bonds. The first-order chi connectivity index (χ1) is 17.9. The van der Waals surface area contributed by atoms with E-state index in [1.54, 1.807) is 36.7 Å². The van der Waals surface area contributed by atoms with Crippen molar-refractivity contribution in [3.63, 3.8) is 0 Å². The molecular weight excluding hydrogens is 496 g/mol. The van der Waals surface area contributed by atoms with Crippen LogP contribution >= 0.6 is 0 Å². The number of aromatic nitrogens is 4. The zero-order chi connectivity index (χ0) is 26.3. The van der Waals surface area contributed by atoms with Crippen LogP contribution in [0.3, 0.4) is 0 Å². The average Bonchev–Trinajstić information content (AvgIpc) is 3.75. The van der Waals surface area contributed by atoms with Gasteiger partial charge in [0.05, 0.1) is 47.4 Å².